The molecular formula is C9H14O6. The summed E-state index contributed by atoms with van der Waals surface area (Å²) in [5, 5.41) is 0. The quantitative estimate of drug-likeness (QED) is 0.371. The number of carbonyl (C=O) groups is 3. The van der Waals surface area contributed by atoms with E-state index in [1.54, 1.807) is 27.7 Å². The Morgan fingerprint density at radius 3 is 2.00 bits per heavy atom. The number of hydrogen-bond acceptors (Lipinski definition) is 6. The third-order valence-corrected chi connectivity index (χ3v) is 1.00. The first kappa shape index (κ1) is 13.4. The smallest absolute Gasteiger partial charge is 0.452 e. The number of carbonyl (C=O) groups excluding carboxylic acids is 3. The van der Waals surface area contributed by atoms with E-state index in [4.69, 9.17) is 0 Å². The van der Waals surface area contributed by atoms with Gasteiger partial charge in [0, 0.05) is 0 Å². The lowest BCUT2D eigenvalue weighted by molar-refractivity contribution is -0.172. The van der Waals surface area contributed by atoms with E-state index < -0.39 is 23.7 Å². The van der Waals surface area contributed by atoms with Gasteiger partial charge in [0.1, 0.15) is 5.60 Å². The van der Waals surface area contributed by atoms with Crippen molar-refractivity contribution in [3.05, 3.63) is 0 Å². The summed E-state index contributed by atoms with van der Waals surface area (Å²) in [5.74, 6) is -2.61. The summed E-state index contributed by atoms with van der Waals surface area (Å²) in [6.07, 6.45) is -1.21. The van der Waals surface area contributed by atoms with Crippen LogP contribution in [-0.2, 0) is 23.8 Å². The molecule has 0 unspecified atom stereocenters. The Bertz CT molecular complexity index is 262. The van der Waals surface area contributed by atoms with Crippen LogP contribution in [0, 0.1) is 0 Å². The Morgan fingerprint density at radius 2 is 1.60 bits per heavy atom. The van der Waals surface area contributed by atoms with Crippen LogP contribution in [0.2, 0.25) is 0 Å². The first-order valence-electron chi connectivity index (χ1n) is 4.38. The first-order valence-corrected chi connectivity index (χ1v) is 4.38. The summed E-state index contributed by atoms with van der Waals surface area (Å²) in [4.78, 5) is 32.6. The third kappa shape index (κ3) is 6.48. The van der Waals surface area contributed by atoms with Gasteiger partial charge in [0.2, 0.25) is 0 Å². The number of hydrogen-bond donors (Lipinski definition) is 0. The van der Waals surface area contributed by atoms with Gasteiger partial charge in [-0.05, 0) is 27.7 Å². The van der Waals surface area contributed by atoms with Gasteiger partial charge in [0.05, 0.1) is 6.61 Å². The predicted molar refractivity (Wildman–Crippen MR) is 49.0 cm³/mol. The molecule has 0 aromatic rings. The van der Waals surface area contributed by atoms with Gasteiger partial charge in [-0.1, -0.05) is 0 Å². The van der Waals surface area contributed by atoms with Crippen molar-refractivity contribution in [2.45, 2.75) is 33.3 Å². The lowest BCUT2D eigenvalue weighted by Crippen LogP contribution is -2.31. The van der Waals surface area contributed by atoms with E-state index in [9.17, 15) is 14.4 Å². The molecule has 0 fully saturated rings. The van der Waals surface area contributed by atoms with E-state index in [2.05, 4.69) is 14.2 Å². The van der Waals surface area contributed by atoms with E-state index in [-0.39, 0.29) is 6.61 Å². The van der Waals surface area contributed by atoms with Gasteiger partial charge in [-0.2, -0.15) is 0 Å². The summed E-state index contributed by atoms with van der Waals surface area (Å²) < 4.78 is 13.0. The zero-order chi connectivity index (χ0) is 12.1. The average molecular weight is 218 g/mol. The Kier molecular flexibility index (Phi) is 4.77. The predicted octanol–water partition coefficient (Wildman–Crippen LogP) is 1.03. The van der Waals surface area contributed by atoms with Gasteiger partial charge in [0.15, 0.2) is 0 Å². The minimum atomic E-state index is -1.39. The maximum absolute atomic E-state index is 11.0. The van der Waals surface area contributed by atoms with Crippen LogP contribution in [0.15, 0.2) is 0 Å². The molecule has 0 bridgehead atoms. The maximum Gasteiger partial charge on any atom is 0.516 e. The molecule has 0 aliphatic rings. The molecule has 0 rings (SSSR count). The zero-order valence-electron chi connectivity index (χ0n) is 9.16. The largest absolute Gasteiger partial charge is 0.516 e. The molecule has 15 heavy (non-hydrogen) atoms. The van der Waals surface area contributed by atoms with Crippen LogP contribution in [0.1, 0.15) is 27.7 Å². The van der Waals surface area contributed by atoms with Crippen molar-refractivity contribution in [1.82, 2.24) is 0 Å². The second kappa shape index (κ2) is 5.33. The van der Waals surface area contributed by atoms with Gasteiger partial charge in [-0.15, -0.1) is 0 Å². The molecule has 0 aromatic carbocycles. The highest BCUT2D eigenvalue weighted by molar-refractivity contribution is 6.31. The van der Waals surface area contributed by atoms with Crippen molar-refractivity contribution < 1.29 is 28.6 Å². The Labute approximate surface area is 87.5 Å². The molecule has 0 spiro atoms. The van der Waals surface area contributed by atoms with Crippen molar-refractivity contribution in [1.29, 1.82) is 0 Å². The minimum Gasteiger partial charge on any atom is -0.452 e. The van der Waals surface area contributed by atoms with Crippen molar-refractivity contribution in [2.24, 2.45) is 0 Å². The van der Waals surface area contributed by atoms with Crippen LogP contribution in [0.25, 0.3) is 0 Å². The molecular weight excluding hydrogens is 204 g/mol. The molecule has 0 aliphatic heterocycles. The van der Waals surface area contributed by atoms with E-state index in [0.717, 1.165) is 0 Å². The van der Waals surface area contributed by atoms with E-state index in [1.165, 1.54) is 0 Å². The van der Waals surface area contributed by atoms with Gasteiger partial charge in [0.25, 0.3) is 0 Å². The topological polar surface area (TPSA) is 78.9 Å². The van der Waals surface area contributed by atoms with Crippen molar-refractivity contribution in [3.8, 4) is 0 Å². The molecule has 6 heteroatoms. The summed E-state index contributed by atoms with van der Waals surface area (Å²) in [6.45, 7) is 6.35. The molecule has 0 heterocycles. The highest BCUT2D eigenvalue weighted by Gasteiger charge is 2.26. The highest BCUT2D eigenvalue weighted by atomic mass is 16.7. The van der Waals surface area contributed by atoms with Crippen LogP contribution in [0.4, 0.5) is 4.79 Å². The van der Waals surface area contributed by atoms with Crippen LogP contribution >= 0.6 is 0 Å². The number of rotatable bonds is 1. The molecule has 0 amide bonds. The summed E-state index contributed by atoms with van der Waals surface area (Å²) in [7, 11) is 0. The summed E-state index contributed by atoms with van der Waals surface area (Å²) in [5.41, 5.74) is -0.815. The molecule has 0 aromatic heterocycles. The summed E-state index contributed by atoms with van der Waals surface area (Å²) in [6, 6.07) is 0. The molecule has 6 nitrogen and oxygen atoms in total. The van der Waals surface area contributed by atoms with E-state index in [1.807, 2.05) is 0 Å². The van der Waals surface area contributed by atoms with Crippen molar-refractivity contribution in [3.63, 3.8) is 0 Å². The number of ether oxygens (including phenoxy) is 3. The normalized spacial score (nSPS) is 10.4. The first-order chi connectivity index (χ1) is 6.76. The van der Waals surface area contributed by atoms with E-state index >= 15 is 0 Å². The van der Waals surface area contributed by atoms with Gasteiger partial charge >= 0.3 is 18.1 Å². The fourth-order valence-corrected chi connectivity index (χ4v) is 0.584. The third-order valence-electron chi connectivity index (χ3n) is 1.00. The molecule has 0 saturated carbocycles. The minimum absolute atomic E-state index is 0.0560. The standard InChI is InChI=1S/C9H14O6/c1-5-13-8(12)14-6(10)7(11)15-9(2,3)4/h5H2,1-4H3. The molecule has 0 radical (unpaired) electrons. The maximum atomic E-state index is 11.0. The van der Waals surface area contributed by atoms with Gasteiger partial charge in [-0.3, -0.25) is 0 Å². The van der Waals surface area contributed by atoms with Crippen LogP contribution < -0.4 is 0 Å². The lowest BCUT2D eigenvalue weighted by atomic mass is 10.2. The molecule has 0 N–H and O–H groups in total. The van der Waals surface area contributed by atoms with Crippen LogP contribution in [0.5, 0.6) is 0 Å². The van der Waals surface area contributed by atoms with Gasteiger partial charge < -0.3 is 14.2 Å². The van der Waals surface area contributed by atoms with E-state index in [0.29, 0.717) is 0 Å². The van der Waals surface area contributed by atoms with Crippen LogP contribution in [0.3, 0.4) is 0 Å². The average Bonchev–Trinajstić information content (AvgIpc) is 2.00. The molecule has 0 atom stereocenters. The fraction of sp³-hybridized carbons (Fsp3) is 0.667. The van der Waals surface area contributed by atoms with Gasteiger partial charge in [-0.25, -0.2) is 14.4 Å². The van der Waals surface area contributed by atoms with Crippen molar-refractivity contribution >= 4 is 18.1 Å². The Morgan fingerprint density at radius 1 is 1.07 bits per heavy atom. The molecule has 0 aliphatic carbocycles. The second-order valence-corrected chi connectivity index (χ2v) is 3.57. The van der Waals surface area contributed by atoms with Crippen molar-refractivity contribution in [2.75, 3.05) is 6.61 Å². The Hall–Kier alpha value is -1.59. The molecule has 86 valence electrons. The summed E-state index contributed by atoms with van der Waals surface area (Å²) >= 11 is 0. The lowest BCUT2D eigenvalue weighted by Gasteiger charge is -2.18. The second-order valence-electron chi connectivity index (χ2n) is 3.57. The highest BCUT2D eigenvalue weighted by Crippen LogP contribution is 2.07. The monoisotopic (exact) mass is 218 g/mol. The zero-order valence-corrected chi connectivity index (χ0v) is 9.16. The molecule has 0 saturated heterocycles. The number of esters is 2. The van der Waals surface area contributed by atoms with Crippen LogP contribution in [-0.4, -0.2) is 30.3 Å². The SMILES string of the molecule is CCOC(=O)OC(=O)C(=O)OC(C)(C)C. The Balaban J connectivity index is 4.12. The fourth-order valence-electron chi connectivity index (χ4n) is 0.584.